The Morgan fingerprint density at radius 3 is 1.36 bits per heavy atom. The Kier molecular flexibility index (Phi) is 14.4. The summed E-state index contributed by atoms with van der Waals surface area (Å²) in [5.41, 5.74) is 0.464. The molecular formula is C44H39F4N3O4. The summed E-state index contributed by atoms with van der Waals surface area (Å²) in [4.78, 5) is 23.0. The van der Waals surface area contributed by atoms with Gasteiger partial charge in [-0.3, -0.25) is 14.8 Å². The molecule has 0 aliphatic heterocycles. The van der Waals surface area contributed by atoms with Gasteiger partial charge in [-0.2, -0.15) is 10.5 Å². The maximum absolute atomic E-state index is 13.7. The second kappa shape index (κ2) is 19.2. The molecule has 55 heavy (non-hydrogen) atoms. The van der Waals surface area contributed by atoms with Crippen LogP contribution in [0.2, 0.25) is 0 Å². The Morgan fingerprint density at radius 1 is 0.582 bits per heavy atom. The molecule has 0 spiro atoms. The van der Waals surface area contributed by atoms with Crippen molar-refractivity contribution in [1.82, 2.24) is 5.48 Å². The van der Waals surface area contributed by atoms with Crippen LogP contribution in [0, 0.1) is 45.9 Å². The number of allylic oxidation sites excluding steroid dienone is 6. The molecule has 0 bridgehead atoms. The maximum atomic E-state index is 13.7. The zero-order chi connectivity index (χ0) is 39.9. The van der Waals surface area contributed by atoms with Gasteiger partial charge in [0.2, 0.25) is 0 Å². The number of amides is 1. The lowest BCUT2D eigenvalue weighted by Gasteiger charge is -2.27. The van der Waals surface area contributed by atoms with Crippen molar-refractivity contribution in [3.8, 4) is 12.1 Å². The molecule has 282 valence electrons. The zero-order valence-corrected chi connectivity index (χ0v) is 29.8. The summed E-state index contributed by atoms with van der Waals surface area (Å²) in [6, 6.07) is 29.2. The molecule has 4 aromatic carbocycles. The van der Waals surface area contributed by atoms with E-state index in [0.29, 0.717) is 55.2 Å². The number of hydroxylamine groups is 1. The molecule has 3 aliphatic carbocycles. The monoisotopic (exact) mass is 749 g/mol. The summed E-state index contributed by atoms with van der Waals surface area (Å²) in [6.45, 7) is 0. The van der Waals surface area contributed by atoms with Gasteiger partial charge in [0.1, 0.15) is 28.7 Å². The van der Waals surface area contributed by atoms with Gasteiger partial charge < -0.3 is 5.11 Å². The first-order valence-electron chi connectivity index (χ1n) is 17.4. The van der Waals surface area contributed by atoms with E-state index >= 15 is 0 Å². The molecule has 0 heterocycles. The first-order valence-corrected chi connectivity index (χ1v) is 17.4. The summed E-state index contributed by atoms with van der Waals surface area (Å²) >= 11 is 0. The number of nitrogens with one attached hydrogen (secondary N) is 1. The lowest BCUT2D eigenvalue weighted by Crippen LogP contribution is -2.42. The van der Waals surface area contributed by atoms with Crippen LogP contribution in [0.3, 0.4) is 0 Å². The Labute approximate surface area is 317 Å². The van der Waals surface area contributed by atoms with E-state index in [4.69, 9.17) is 15.7 Å². The highest BCUT2D eigenvalue weighted by Crippen LogP contribution is 2.40. The molecule has 7 rings (SSSR count). The van der Waals surface area contributed by atoms with Gasteiger partial charge in [-0.1, -0.05) is 109 Å². The SMILES string of the molecule is N#CC1(c2ccccc2F)CC=CC1.N#CCc1ccccc1F.O=C(NO)C1(c2ccccc2F)CC=CC1.O=C(O)C1(c2ccccc2F)CC=CC1. The Morgan fingerprint density at radius 2 is 0.964 bits per heavy atom. The number of nitriles is 2. The van der Waals surface area contributed by atoms with E-state index in [1.807, 2.05) is 30.4 Å². The minimum absolute atomic E-state index is 0.146. The fraction of sp³-hybridized carbons (Fsp3) is 0.227. The summed E-state index contributed by atoms with van der Waals surface area (Å²) in [6.07, 6.45) is 14.0. The molecule has 0 atom stereocenters. The summed E-state index contributed by atoms with van der Waals surface area (Å²) in [5, 5.41) is 35.4. The molecule has 0 saturated carbocycles. The highest BCUT2D eigenvalue weighted by Gasteiger charge is 2.43. The normalized spacial score (nSPS) is 16.1. The van der Waals surface area contributed by atoms with Crippen LogP contribution in [0.1, 0.15) is 60.8 Å². The molecule has 0 aromatic heterocycles. The molecule has 3 aliphatic rings. The maximum Gasteiger partial charge on any atom is 0.314 e. The van der Waals surface area contributed by atoms with E-state index in [1.165, 1.54) is 24.3 Å². The van der Waals surface area contributed by atoms with Gasteiger partial charge >= 0.3 is 5.97 Å². The Bertz CT molecular complexity index is 2130. The van der Waals surface area contributed by atoms with Crippen molar-refractivity contribution in [3.63, 3.8) is 0 Å². The van der Waals surface area contributed by atoms with Crippen molar-refractivity contribution in [2.24, 2.45) is 0 Å². The van der Waals surface area contributed by atoms with E-state index in [-0.39, 0.29) is 23.6 Å². The standard InChI is InChI=1S/C12H12FNO2.C12H10FN.C12H11FO2.C8H6FN/c13-10-6-2-1-5-9(10)12(11(15)14-16)7-3-4-8-12;13-11-6-2-1-5-10(11)12(9-14)7-3-4-8-12;13-10-6-2-1-5-9(10)12(11(14)15)7-3-4-8-12;9-8-4-2-1-3-7(8)5-6-10/h1-6,16H,7-8H2,(H,14,15);1-6H,7-8H2;1-6H,7-8H2,(H,14,15);1-4H,5H2. The number of hydrogen-bond donors (Lipinski definition) is 3. The number of carbonyl (C=O) groups is 2. The van der Waals surface area contributed by atoms with Crippen LogP contribution in [-0.2, 0) is 32.3 Å². The third kappa shape index (κ3) is 9.45. The molecule has 0 radical (unpaired) electrons. The van der Waals surface area contributed by atoms with Crippen LogP contribution in [0.25, 0.3) is 0 Å². The van der Waals surface area contributed by atoms with Crippen LogP contribution in [0.15, 0.2) is 134 Å². The highest BCUT2D eigenvalue weighted by atomic mass is 19.1. The van der Waals surface area contributed by atoms with E-state index in [2.05, 4.69) is 6.07 Å². The van der Waals surface area contributed by atoms with Crippen molar-refractivity contribution in [3.05, 3.63) is 179 Å². The molecular weight excluding hydrogens is 710 g/mol. The summed E-state index contributed by atoms with van der Waals surface area (Å²) in [5.74, 6) is -2.97. The third-order valence-electron chi connectivity index (χ3n) is 9.85. The zero-order valence-electron chi connectivity index (χ0n) is 29.8. The third-order valence-corrected chi connectivity index (χ3v) is 9.85. The summed E-state index contributed by atoms with van der Waals surface area (Å²) < 4.78 is 53.4. The number of carboxylic acid groups (broad SMARTS) is 1. The number of benzene rings is 4. The Hall–Kier alpha value is -6.30. The fourth-order valence-corrected chi connectivity index (χ4v) is 6.75. The number of carboxylic acids is 1. The molecule has 11 heteroatoms. The van der Waals surface area contributed by atoms with E-state index in [1.54, 1.807) is 90.4 Å². The van der Waals surface area contributed by atoms with E-state index in [9.17, 15) is 32.3 Å². The van der Waals surface area contributed by atoms with Crippen LogP contribution < -0.4 is 5.48 Å². The number of rotatable bonds is 6. The van der Waals surface area contributed by atoms with Gasteiger partial charge in [-0.25, -0.2) is 23.0 Å². The second-order valence-electron chi connectivity index (χ2n) is 13.1. The lowest BCUT2D eigenvalue weighted by molar-refractivity contribution is -0.143. The topological polar surface area (TPSA) is 134 Å². The first kappa shape index (κ1) is 41.5. The molecule has 1 amide bonds. The largest absolute Gasteiger partial charge is 0.481 e. The van der Waals surface area contributed by atoms with Gasteiger partial charge in [-0.15, -0.1) is 0 Å². The minimum Gasteiger partial charge on any atom is -0.481 e. The van der Waals surface area contributed by atoms with Crippen molar-refractivity contribution in [1.29, 1.82) is 10.5 Å². The van der Waals surface area contributed by atoms with Crippen LogP contribution >= 0.6 is 0 Å². The van der Waals surface area contributed by atoms with E-state index < -0.39 is 39.8 Å². The molecule has 0 fully saturated rings. The molecule has 3 N–H and O–H groups in total. The second-order valence-corrected chi connectivity index (χ2v) is 13.1. The van der Waals surface area contributed by atoms with Crippen molar-refractivity contribution < 1.29 is 37.5 Å². The van der Waals surface area contributed by atoms with Crippen LogP contribution in [0.4, 0.5) is 17.6 Å². The van der Waals surface area contributed by atoms with Gasteiger partial charge in [0.25, 0.3) is 5.91 Å². The predicted octanol–water partition coefficient (Wildman–Crippen LogP) is 9.25. The quantitative estimate of drug-likeness (QED) is 0.0779. The number of halogens is 4. The Balaban J connectivity index is 0.000000165. The molecule has 4 aromatic rings. The number of hydrogen-bond acceptors (Lipinski definition) is 5. The fourth-order valence-electron chi connectivity index (χ4n) is 6.75. The van der Waals surface area contributed by atoms with Crippen LogP contribution in [0.5, 0.6) is 0 Å². The first-order chi connectivity index (χ1) is 26.5. The number of nitrogens with zero attached hydrogens (tertiary/aromatic N) is 2. The van der Waals surface area contributed by atoms with Gasteiger partial charge in [0.15, 0.2) is 0 Å². The lowest BCUT2D eigenvalue weighted by atomic mass is 9.77. The molecule has 7 nitrogen and oxygen atoms in total. The molecule has 0 unspecified atom stereocenters. The van der Waals surface area contributed by atoms with Gasteiger partial charge in [-0.05, 0) is 62.8 Å². The smallest absolute Gasteiger partial charge is 0.314 e. The van der Waals surface area contributed by atoms with Crippen molar-refractivity contribution >= 4 is 11.9 Å². The van der Waals surface area contributed by atoms with Gasteiger partial charge in [0, 0.05) is 22.3 Å². The number of aliphatic carboxylic acids is 1. The minimum atomic E-state index is -1.09. The van der Waals surface area contributed by atoms with Crippen molar-refractivity contribution in [2.75, 3.05) is 0 Å². The average Bonchev–Trinajstić information content (AvgIpc) is 4.00. The summed E-state index contributed by atoms with van der Waals surface area (Å²) in [7, 11) is 0. The van der Waals surface area contributed by atoms with Gasteiger partial charge in [0.05, 0.1) is 29.4 Å². The van der Waals surface area contributed by atoms with E-state index in [0.717, 1.165) is 0 Å². The van der Waals surface area contributed by atoms with Crippen molar-refractivity contribution in [2.45, 2.75) is 61.2 Å². The average molecular weight is 750 g/mol. The molecule has 0 saturated heterocycles. The van der Waals surface area contributed by atoms with Crippen LogP contribution in [-0.4, -0.2) is 22.2 Å². The number of carbonyl (C=O) groups excluding carboxylic acids is 1. The predicted molar refractivity (Wildman–Crippen MR) is 198 cm³/mol. The highest BCUT2D eigenvalue weighted by molar-refractivity contribution is 5.88.